The highest BCUT2D eigenvalue weighted by Gasteiger charge is 2.18. The number of rotatable bonds is 5. The molecule has 0 saturated carbocycles. The third kappa shape index (κ3) is 7.71. The normalized spacial score (nSPS) is 12.6. The van der Waals surface area contributed by atoms with E-state index in [9.17, 15) is 0 Å². The largest absolute Gasteiger partial charge is 0.519 e. The first-order chi connectivity index (χ1) is 5.85. The second kappa shape index (κ2) is 5.17. The van der Waals surface area contributed by atoms with E-state index in [0.717, 1.165) is 0 Å². The standard InChI is InChI=1S/C9H21NO2Si/c1-7-11-9(8-10(2)3)12-13(4,5)6/h8H,7H2,1-6H3/b9-8-. The fourth-order valence-electron chi connectivity index (χ4n) is 0.748. The molecule has 0 unspecified atom stereocenters. The van der Waals surface area contributed by atoms with Gasteiger partial charge in [-0.25, -0.2) is 0 Å². The van der Waals surface area contributed by atoms with E-state index in [-0.39, 0.29) is 0 Å². The van der Waals surface area contributed by atoms with Crippen molar-refractivity contribution in [3.05, 3.63) is 12.1 Å². The van der Waals surface area contributed by atoms with Gasteiger partial charge in [0.1, 0.15) is 0 Å². The van der Waals surface area contributed by atoms with Crippen molar-refractivity contribution in [1.29, 1.82) is 0 Å². The van der Waals surface area contributed by atoms with E-state index in [1.165, 1.54) is 0 Å². The van der Waals surface area contributed by atoms with Crippen LogP contribution in [0.5, 0.6) is 0 Å². The van der Waals surface area contributed by atoms with Crippen molar-refractivity contribution in [1.82, 2.24) is 4.90 Å². The zero-order chi connectivity index (χ0) is 10.5. The number of hydrogen-bond donors (Lipinski definition) is 0. The minimum absolute atomic E-state index is 0.631. The number of hydrogen-bond acceptors (Lipinski definition) is 3. The summed E-state index contributed by atoms with van der Waals surface area (Å²) < 4.78 is 11.1. The Hall–Kier alpha value is -0.643. The van der Waals surface area contributed by atoms with E-state index in [2.05, 4.69) is 19.6 Å². The summed E-state index contributed by atoms with van der Waals surface area (Å²) in [6, 6.07) is 0. The fourth-order valence-corrected chi connectivity index (χ4v) is 1.46. The summed E-state index contributed by atoms with van der Waals surface area (Å²) in [4.78, 5) is 1.92. The van der Waals surface area contributed by atoms with Crippen LogP contribution in [-0.2, 0) is 9.16 Å². The van der Waals surface area contributed by atoms with Crippen LogP contribution < -0.4 is 0 Å². The first-order valence-corrected chi connectivity index (χ1v) is 7.96. The molecule has 78 valence electrons. The Kier molecular flexibility index (Phi) is 4.91. The number of ether oxygens (including phenoxy) is 1. The van der Waals surface area contributed by atoms with Crippen LogP contribution in [0.15, 0.2) is 12.1 Å². The molecular weight excluding hydrogens is 182 g/mol. The minimum atomic E-state index is -1.54. The van der Waals surface area contributed by atoms with Crippen molar-refractivity contribution >= 4 is 8.32 Å². The van der Waals surface area contributed by atoms with Crippen LogP contribution in [-0.4, -0.2) is 33.9 Å². The zero-order valence-electron chi connectivity index (χ0n) is 9.55. The Balaban J connectivity index is 4.26. The van der Waals surface area contributed by atoms with Gasteiger partial charge < -0.3 is 14.1 Å². The maximum Gasteiger partial charge on any atom is 0.282 e. The molecule has 3 nitrogen and oxygen atoms in total. The van der Waals surface area contributed by atoms with Gasteiger partial charge in [-0.05, 0) is 26.6 Å². The lowest BCUT2D eigenvalue weighted by molar-refractivity contribution is 0.106. The second-order valence-electron chi connectivity index (χ2n) is 4.06. The van der Waals surface area contributed by atoms with Gasteiger partial charge in [0.15, 0.2) is 0 Å². The summed E-state index contributed by atoms with van der Waals surface area (Å²) in [6.45, 7) is 9.00. The average molecular weight is 203 g/mol. The van der Waals surface area contributed by atoms with Crippen LogP contribution in [0.4, 0.5) is 0 Å². The van der Waals surface area contributed by atoms with Gasteiger partial charge in [0, 0.05) is 14.1 Å². The first-order valence-electron chi connectivity index (χ1n) is 4.55. The SMILES string of the molecule is CCO/C(=C/N(C)C)O[Si](C)(C)C. The van der Waals surface area contributed by atoms with Crippen LogP contribution in [0.25, 0.3) is 0 Å². The van der Waals surface area contributed by atoms with Gasteiger partial charge in [-0.3, -0.25) is 0 Å². The van der Waals surface area contributed by atoms with Crippen molar-refractivity contribution in [2.75, 3.05) is 20.7 Å². The van der Waals surface area contributed by atoms with Crippen LogP contribution in [0, 0.1) is 0 Å². The molecule has 0 fully saturated rings. The maximum atomic E-state index is 5.73. The molecule has 0 spiro atoms. The van der Waals surface area contributed by atoms with Gasteiger partial charge in [0.25, 0.3) is 5.95 Å². The molecule has 0 aromatic rings. The highest BCUT2D eigenvalue weighted by Crippen LogP contribution is 2.11. The molecule has 0 rings (SSSR count). The van der Waals surface area contributed by atoms with Crippen LogP contribution in [0.3, 0.4) is 0 Å². The molecule has 0 aromatic carbocycles. The van der Waals surface area contributed by atoms with Gasteiger partial charge in [-0.1, -0.05) is 0 Å². The van der Waals surface area contributed by atoms with E-state index in [4.69, 9.17) is 9.16 Å². The van der Waals surface area contributed by atoms with Crippen LogP contribution in [0.1, 0.15) is 6.92 Å². The maximum absolute atomic E-state index is 5.73. The lowest BCUT2D eigenvalue weighted by Gasteiger charge is -2.22. The van der Waals surface area contributed by atoms with Crippen molar-refractivity contribution in [3.8, 4) is 0 Å². The summed E-state index contributed by atoms with van der Waals surface area (Å²) in [7, 11) is 2.36. The Morgan fingerprint density at radius 3 is 2.15 bits per heavy atom. The van der Waals surface area contributed by atoms with E-state index < -0.39 is 8.32 Å². The summed E-state index contributed by atoms with van der Waals surface area (Å²) in [5.41, 5.74) is 0. The molecule has 0 aliphatic rings. The molecule has 0 N–H and O–H groups in total. The molecule has 0 aliphatic carbocycles. The summed E-state index contributed by atoms with van der Waals surface area (Å²) in [5.74, 6) is 0.631. The lowest BCUT2D eigenvalue weighted by Crippen LogP contribution is -2.26. The number of nitrogens with zero attached hydrogens (tertiary/aromatic N) is 1. The van der Waals surface area contributed by atoms with Gasteiger partial charge in [0.05, 0.1) is 12.8 Å². The highest BCUT2D eigenvalue weighted by atomic mass is 28.4. The molecule has 0 atom stereocenters. The van der Waals surface area contributed by atoms with Crippen molar-refractivity contribution in [2.24, 2.45) is 0 Å². The minimum Gasteiger partial charge on any atom is -0.519 e. The topological polar surface area (TPSA) is 21.7 Å². The van der Waals surface area contributed by atoms with E-state index in [1.54, 1.807) is 0 Å². The van der Waals surface area contributed by atoms with Gasteiger partial charge in [-0.2, -0.15) is 0 Å². The summed E-state index contributed by atoms with van der Waals surface area (Å²) >= 11 is 0. The Bertz CT molecular complexity index is 173. The Labute approximate surface area is 82.5 Å². The molecule has 0 amide bonds. The van der Waals surface area contributed by atoms with Crippen molar-refractivity contribution in [3.63, 3.8) is 0 Å². The lowest BCUT2D eigenvalue weighted by atomic mass is 10.7. The predicted molar refractivity (Wildman–Crippen MR) is 57.8 cm³/mol. The van der Waals surface area contributed by atoms with Crippen LogP contribution in [0.2, 0.25) is 19.6 Å². The molecule has 4 heteroatoms. The van der Waals surface area contributed by atoms with Crippen molar-refractivity contribution < 1.29 is 9.16 Å². The van der Waals surface area contributed by atoms with E-state index >= 15 is 0 Å². The molecule has 13 heavy (non-hydrogen) atoms. The predicted octanol–water partition coefficient (Wildman–Crippen LogP) is 2.23. The van der Waals surface area contributed by atoms with E-state index in [1.807, 2.05) is 32.1 Å². The molecule has 0 bridgehead atoms. The fraction of sp³-hybridized carbons (Fsp3) is 0.778. The quantitative estimate of drug-likeness (QED) is 0.505. The summed E-state index contributed by atoms with van der Waals surface area (Å²) in [5, 5.41) is 0. The third-order valence-electron chi connectivity index (χ3n) is 1.06. The summed E-state index contributed by atoms with van der Waals surface area (Å²) in [6.07, 6.45) is 1.86. The molecule has 0 heterocycles. The van der Waals surface area contributed by atoms with Gasteiger partial charge >= 0.3 is 0 Å². The van der Waals surface area contributed by atoms with E-state index in [0.29, 0.717) is 12.6 Å². The first kappa shape index (κ1) is 12.4. The molecule has 0 radical (unpaired) electrons. The van der Waals surface area contributed by atoms with Crippen molar-refractivity contribution in [2.45, 2.75) is 26.6 Å². The monoisotopic (exact) mass is 203 g/mol. The second-order valence-corrected chi connectivity index (χ2v) is 8.49. The third-order valence-corrected chi connectivity index (χ3v) is 1.87. The Morgan fingerprint density at radius 2 is 1.85 bits per heavy atom. The molecule has 0 aliphatic heterocycles. The van der Waals surface area contributed by atoms with Gasteiger partial charge in [0.2, 0.25) is 8.32 Å². The Morgan fingerprint density at radius 1 is 1.31 bits per heavy atom. The molecule has 0 saturated heterocycles. The van der Waals surface area contributed by atoms with Gasteiger partial charge in [-0.15, -0.1) is 0 Å². The molecular formula is C9H21NO2Si. The zero-order valence-corrected chi connectivity index (χ0v) is 10.5. The average Bonchev–Trinajstić information content (AvgIpc) is 1.81. The highest BCUT2D eigenvalue weighted by molar-refractivity contribution is 6.69. The van der Waals surface area contributed by atoms with Crippen LogP contribution >= 0.6 is 0 Å². The smallest absolute Gasteiger partial charge is 0.282 e. The molecule has 0 aromatic heterocycles.